The molecule has 0 aliphatic rings. The third-order valence-electron chi connectivity index (χ3n) is 2.49. The number of carboxylic acid groups (broad SMARTS) is 1. The molecule has 0 bridgehead atoms. The van der Waals surface area contributed by atoms with Crippen molar-refractivity contribution in [3.8, 4) is 11.5 Å². The lowest BCUT2D eigenvalue weighted by molar-refractivity contribution is 0.0661. The van der Waals surface area contributed by atoms with Crippen molar-refractivity contribution < 1.29 is 23.1 Å². The quantitative estimate of drug-likeness (QED) is 0.923. The van der Waals surface area contributed by atoms with Gasteiger partial charge in [0.2, 0.25) is 11.7 Å². The summed E-state index contributed by atoms with van der Waals surface area (Å²) < 4.78 is 31.3. The van der Waals surface area contributed by atoms with Crippen LogP contribution in [0.5, 0.6) is 0 Å². The van der Waals surface area contributed by atoms with Crippen molar-refractivity contribution in [2.45, 2.75) is 19.8 Å². The van der Waals surface area contributed by atoms with Gasteiger partial charge in [-0.1, -0.05) is 13.3 Å². The summed E-state index contributed by atoms with van der Waals surface area (Å²) >= 11 is 0. The first-order valence-corrected chi connectivity index (χ1v) is 5.70. The number of aryl methyl sites for hydroxylation is 1. The fourth-order valence-electron chi connectivity index (χ4n) is 1.73. The van der Waals surface area contributed by atoms with E-state index in [4.69, 9.17) is 9.52 Å². The highest BCUT2D eigenvalue weighted by atomic mass is 19.1. The van der Waals surface area contributed by atoms with E-state index in [-0.39, 0.29) is 22.9 Å². The molecule has 0 fully saturated rings. The number of rotatable bonds is 4. The van der Waals surface area contributed by atoms with Gasteiger partial charge in [-0.2, -0.15) is 0 Å². The Morgan fingerprint density at radius 1 is 1.32 bits per heavy atom. The lowest BCUT2D eigenvalue weighted by Gasteiger charge is -1.96. The molecule has 1 aromatic carbocycles. The van der Waals surface area contributed by atoms with E-state index in [1.165, 1.54) is 0 Å². The molecule has 19 heavy (non-hydrogen) atoms. The van der Waals surface area contributed by atoms with Crippen LogP contribution in [0.15, 0.2) is 22.6 Å². The smallest absolute Gasteiger partial charge is 0.373 e. The van der Waals surface area contributed by atoms with E-state index in [2.05, 4.69) is 4.98 Å². The topological polar surface area (TPSA) is 63.3 Å². The number of aromatic carboxylic acids is 1. The Labute approximate surface area is 107 Å². The van der Waals surface area contributed by atoms with E-state index < -0.39 is 17.6 Å². The van der Waals surface area contributed by atoms with Gasteiger partial charge in [0.25, 0.3) is 0 Å². The van der Waals surface area contributed by atoms with E-state index in [9.17, 15) is 13.6 Å². The molecule has 1 aromatic heterocycles. The molecular weight excluding hydrogens is 256 g/mol. The maximum atomic E-state index is 13.1. The van der Waals surface area contributed by atoms with Gasteiger partial charge in [-0.3, -0.25) is 0 Å². The SMILES string of the molecule is CCCc1nc(-c2cc(F)cc(F)c2)oc1C(=O)O. The molecule has 0 amide bonds. The van der Waals surface area contributed by atoms with Crippen LogP contribution in [0.4, 0.5) is 8.78 Å². The lowest BCUT2D eigenvalue weighted by Crippen LogP contribution is -1.99. The molecule has 1 heterocycles. The molecule has 0 atom stereocenters. The van der Waals surface area contributed by atoms with Crippen molar-refractivity contribution in [3.63, 3.8) is 0 Å². The van der Waals surface area contributed by atoms with Gasteiger partial charge in [0, 0.05) is 11.6 Å². The molecule has 6 heteroatoms. The van der Waals surface area contributed by atoms with E-state index >= 15 is 0 Å². The van der Waals surface area contributed by atoms with Crippen molar-refractivity contribution >= 4 is 5.97 Å². The summed E-state index contributed by atoms with van der Waals surface area (Å²) in [7, 11) is 0. The first kappa shape index (κ1) is 13.2. The zero-order valence-electron chi connectivity index (χ0n) is 10.1. The maximum absolute atomic E-state index is 13.1. The fraction of sp³-hybridized carbons (Fsp3) is 0.231. The van der Waals surface area contributed by atoms with Crippen LogP contribution in [0.2, 0.25) is 0 Å². The fourth-order valence-corrected chi connectivity index (χ4v) is 1.73. The van der Waals surface area contributed by atoms with Crippen molar-refractivity contribution in [2.24, 2.45) is 0 Å². The standard InChI is InChI=1S/C13H11F2NO3/c1-2-3-10-11(13(17)18)19-12(16-10)7-4-8(14)6-9(15)5-7/h4-6H,2-3H2,1H3,(H,17,18). The maximum Gasteiger partial charge on any atom is 0.373 e. The van der Waals surface area contributed by atoms with Crippen molar-refractivity contribution in [2.75, 3.05) is 0 Å². The Morgan fingerprint density at radius 3 is 2.47 bits per heavy atom. The first-order valence-electron chi connectivity index (χ1n) is 5.70. The number of benzene rings is 1. The largest absolute Gasteiger partial charge is 0.475 e. The zero-order valence-corrected chi connectivity index (χ0v) is 10.1. The van der Waals surface area contributed by atoms with Gasteiger partial charge in [-0.05, 0) is 18.6 Å². The summed E-state index contributed by atoms with van der Waals surface area (Å²) in [6.45, 7) is 1.86. The number of halogens is 2. The Balaban J connectivity index is 2.50. The Hall–Kier alpha value is -2.24. The zero-order chi connectivity index (χ0) is 14.0. The number of carbonyl (C=O) groups is 1. The summed E-state index contributed by atoms with van der Waals surface area (Å²) in [4.78, 5) is 15.0. The Kier molecular flexibility index (Phi) is 3.59. The molecule has 2 rings (SSSR count). The number of nitrogens with zero attached hydrogens (tertiary/aromatic N) is 1. The summed E-state index contributed by atoms with van der Waals surface area (Å²) in [6, 6.07) is 2.80. The number of oxazole rings is 1. The highest BCUT2D eigenvalue weighted by molar-refractivity contribution is 5.86. The van der Waals surface area contributed by atoms with Crippen LogP contribution >= 0.6 is 0 Å². The van der Waals surface area contributed by atoms with Crippen LogP contribution in [0.1, 0.15) is 29.6 Å². The van der Waals surface area contributed by atoms with Crippen LogP contribution in [0, 0.1) is 11.6 Å². The molecule has 4 nitrogen and oxygen atoms in total. The summed E-state index contributed by atoms with van der Waals surface area (Å²) in [5.74, 6) is -3.19. The van der Waals surface area contributed by atoms with Crippen molar-refractivity contribution in [1.82, 2.24) is 4.98 Å². The minimum absolute atomic E-state index is 0.0716. The summed E-state index contributed by atoms with van der Waals surface area (Å²) in [5.41, 5.74) is 0.344. The van der Waals surface area contributed by atoms with Crippen molar-refractivity contribution in [1.29, 1.82) is 0 Å². The third-order valence-corrected chi connectivity index (χ3v) is 2.49. The van der Waals surface area contributed by atoms with Crippen LogP contribution in [0.25, 0.3) is 11.5 Å². The average molecular weight is 267 g/mol. The minimum atomic E-state index is -1.25. The second-order valence-corrected chi connectivity index (χ2v) is 4.01. The second kappa shape index (κ2) is 5.17. The molecule has 0 radical (unpaired) electrons. The molecule has 0 saturated heterocycles. The Morgan fingerprint density at radius 2 is 1.95 bits per heavy atom. The molecule has 2 aromatic rings. The van der Waals surface area contributed by atoms with Crippen LogP contribution < -0.4 is 0 Å². The van der Waals surface area contributed by atoms with E-state index in [1.54, 1.807) is 0 Å². The molecule has 1 N–H and O–H groups in total. The monoisotopic (exact) mass is 267 g/mol. The minimum Gasteiger partial charge on any atom is -0.475 e. The number of hydrogen-bond donors (Lipinski definition) is 1. The number of carboxylic acids is 1. The molecule has 0 aliphatic carbocycles. The van der Waals surface area contributed by atoms with Gasteiger partial charge < -0.3 is 9.52 Å². The Bertz CT molecular complexity index is 602. The van der Waals surface area contributed by atoms with Gasteiger partial charge in [0.15, 0.2) is 0 Å². The van der Waals surface area contributed by atoms with Gasteiger partial charge in [-0.25, -0.2) is 18.6 Å². The van der Waals surface area contributed by atoms with E-state index in [0.717, 1.165) is 18.2 Å². The molecule has 0 saturated carbocycles. The predicted molar refractivity (Wildman–Crippen MR) is 62.8 cm³/mol. The number of aromatic nitrogens is 1. The van der Waals surface area contributed by atoms with Gasteiger partial charge in [0.1, 0.15) is 11.6 Å². The van der Waals surface area contributed by atoms with Gasteiger partial charge >= 0.3 is 5.97 Å². The lowest BCUT2D eigenvalue weighted by atomic mass is 10.2. The molecular formula is C13H11F2NO3. The predicted octanol–water partition coefficient (Wildman–Crippen LogP) is 3.27. The first-order chi connectivity index (χ1) is 9.01. The van der Waals surface area contributed by atoms with E-state index in [1.807, 2.05) is 6.92 Å². The summed E-state index contributed by atoms with van der Waals surface area (Å²) in [5, 5.41) is 8.98. The normalized spacial score (nSPS) is 10.7. The molecule has 0 unspecified atom stereocenters. The van der Waals surface area contributed by atoms with Crippen LogP contribution in [-0.2, 0) is 6.42 Å². The summed E-state index contributed by atoms with van der Waals surface area (Å²) in [6.07, 6.45) is 1.10. The molecule has 0 aliphatic heterocycles. The van der Waals surface area contributed by atoms with Crippen molar-refractivity contribution in [3.05, 3.63) is 41.3 Å². The average Bonchev–Trinajstić information content (AvgIpc) is 2.72. The van der Waals surface area contributed by atoms with Gasteiger partial charge in [0.05, 0.1) is 5.69 Å². The van der Waals surface area contributed by atoms with Crippen LogP contribution in [-0.4, -0.2) is 16.1 Å². The highest BCUT2D eigenvalue weighted by Gasteiger charge is 2.20. The molecule has 0 spiro atoms. The van der Waals surface area contributed by atoms with Crippen LogP contribution in [0.3, 0.4) is 0 Å². The van der Waals surface area contributed by atoms with Gasteiger partial charge in [-0.15, -0.1) is 0 Å². The van der Waals surface area contributed by atoms with E-state index in [0.29, 0.717) is 12.8 Å². The molecule has 100 valence electrons. The third kappa shape index (κ3) is 2.78. The highest BCUT2D eigenvalue weighted by Crippen LogP contribution is 2.24. The second-order valence-electron chi connectivity index (χ2n) is 4.01. The number of hydrogen-bond acceptors (Lipinski definition) is 3.